The number of ether oxygens (including phenoxy) is 1. The zero-order valence-corrected chi connectivity index (χ0v) is 12.3. The minimum Gasteiger partial charge on any atom is -0.398 e. The Bertz CT molecular complexity index is 240. The molecule has 17 heavy (non-hydrogen) atoms. The molecule has 0 amide bonds. The van der Waals surface area contributed by atoms with E-state index in [1.165, 1.54) is 0 Å². The van der Waals surface area contributed by atoms with Gasteiger partial charge in [0.15, 0.2) is 0 Å². The largest absolute Gasteiger partial charge is 0.398 e. The molecule has 1 aliphatic rings. The lowest BCUT2D eigenvalue weighted by molar-refractivity contribution is 0.00712. The molecule has 1 heterocycles. The van der Waals surface area contributed by atoms with Crippen LogP contribution >= 0.6 is 0 Å². The van der Waals surface area contributed by atoms with E-state index in [9.17, 15) is 0 Å². The molecule has 0 N–H and O–H groups in total. The van der Waals surface area contributed by atoms with Gasteiger partial charge in [-0.3, -0.25) is 0 Å². The number of hydrogen-bond donors (Lipinski definition) is 0. The summed E-state index contributed by atoms with van der Waals surface area (Å²) in [6, 6.07) is 1.00. The second kappa shape index (κ2) is 7.16. The molecule has 1 rings (SSSR count). The van der Waals surface area contributed by atoms with E-state index in [1.54, 1.807) is 7.11 Å². The molecule has 0 aromatic carbocycles. The smallest absolute Gasteiger partial charge is 0.335 e. The second-order valence-corrected chi connectivity index (χ2v) is 7.94. The van der Waals surface area contributed by atoms with Crippen LogP contribution < -0.4 is 0 Å². The molecule has 100 valence electrons. The van der Waals surface area contributed by atoms with Crippen LogP contribution in [0.4, 0.5) is 0 Å². The molecule has 0 spiro atoms. The Morgan fingerprint density at radius 3 is 2.94 bits per heavy atom. The molecule has 1 saturated heterocycles. The Balaban J connectivity index is 2.58. The highest BCUT2D eigenvalue weighted by Crippen LogP contribution is 2.20. The van der Waals surface area contributed by atoms with Gasteiger partial charge in [0, 0.05) is 26.8 Å². The topological polar surface area (TPSA) is 30.9 Å². The summed E-state index contributed by atoms with van der Waals surface area (Å²) in [4.78, 5) is 2.14. The first-order chi connectivity index (χ1) is 8.13. The Kier molecular flexibility index (Phi) is 6.19. The van der Waals surface area contributed by atoms with Gasteiger partial charge in [-0.25, -0.2) is 0 Å². The molecule has 2 atom stereocenters. The molecule has 1 fully saturated rings. The quantitative estimate of drug-likeness (QED) is 0.706. The molecule has 0 aromatic rings. The lowest BCUT2D eigenvalue weighted by Gasteiger charge is -2.34. The Hall–Kier alpha value is -0.363. The van der Waals surface area contributed by atoms with Crippen molar-refractivity contribution in [2.24, 2.45) is 0 Å². The van der Waals surface area contributed by atoms with Gasteiger partial charge in [-0.1, -0.05) is 6.58 Å². The van der Waals surface area contributed by atoms with E-state index in [0.717, 1.165) is 32.2 Å². The maximum atomic E-state index is 6.16. The fourth-order valence-electron chi connectivity index (χ4n) is 1.99. The average molecular weight is 259 g/mol. The summed E-state index contributed by atoms with van der Waals surface area (Å²) in [5.41, 5.74) is 0. The summed E-state index contributed by atoms with van der Waals surface area (Å²) < 4.78 is 17.4. The van der Waals surface area contributed by atoms with Gasteiger partial charge in [0.25, 0.3) is 0 Å². The molecule has 0 aliphatic carbocycles. The van der Waals surface area contributed by atoms with Crippen LogP contribution in [0.3, 0.4) is 0 Å². The van der Waals surface area contributed by atoms with E-state index < -0.39 is 8.56 Å². The summed E-state index contributed by atoms with van der Waals surface area (Å²) in [5, 5.41) is 0. The highest BCUT2D eigenvalue weighted by atomic mass is 28.4. The third-order valence-electron chi connectivity index (χ3n) is 3.17. The normalized spacial score (nSPS) is 30.4. The SMILES string of the molecule is C=CN(CC)CC1COCCC[Si](C)(OC)O1. The zero-order valence-electron chi connectivity index (χ0n) is 11.3. The molecular formula is C12H25NO3Si. The van der Waals surface area contributed by atoms with Gasteiger partial charge in [0.1, 0.15) is 0 Å². The molecule has 4 nitrogen and oxygen atoms in total. The standard InChI is InChI=1S/C12H25NO3Si/c1-5-13(6-2)10-12-11-15-8-7-9-17(4,14-3)16-12/h5,12H,1,6-11H2,2-4H3. The summed E-state index contributed by atoms with van der Waals surface area (Å²) in [6.07, 6.45) is 2.97. The highest BCUT2D eigenvalue weighted by Gasteiger charge is 2.34. The molecule has 0 radical (unpaired) electrons. The van der Waals surface area contributed by atoms with Crippen LogP contribution in [0.5, 0.6) is 0 Å². The summed E-state index contributed by atoms with van der Waals surface area (Å²) >= 11 is 0. The first-order valence-corrected chi connectivity index (χ1v) is 8.83. The van der Waals surface area contributed by atoms with Crippen LogP contribution in [-0.4, -0.2) is 53.0 Å². The van der Waals surface area contributed by atoms with Gasteiger partial charge in [-0.15, -0.1) is 0 Å². The zero-order chi connectivity index (χ0) is 12.7. The number of nitrogens with zero attached hydrogens (tertiary/aromatic N) is 1. The number of hydrogen-bond acceptors (Lipinski definition) is 4. The maximum Gasteiger partial charge on any atom is 0.335 e. The Morgan fingerprint density at radius 2 is 2.35 bits per heavy atom. The third kappa shape index (κ3) is 4.79. The summed E-state index contributed by atoms with van der Waals surface area (Å²) in [6.45, 7) is 11.3. The first kappa shape index (κ1) is 14.7. The van der Waals surface area contributed by atoms with Gasteiger partial charge < -0.3 is 18.5 Å². The molecule has 0 bridgehead atoms. The van der Waals surface area contributed by atoms with Crippen molar-refractivity contribution < 1.29 is 13.6 Å². The van der Waals surface area contributed by atoms with E-state index in [-0.39, 0.29) is 6.10 Å². The monoisotopic (exact) mass is 259 g/mol. The fraction of sp³-hybridized carbons (Fsp3) is 0.833. The second-order valence-electron chi connectivity index (χ2n) is 4.53. The van der Waals surface area contributed by atoms with E-state index in [1.807, 2.05) is 6.20 Å². The lowest BCUT2D eigenvalue weighted by atomic mass is 10.3. The predicted molar refractivity (Wildman–Crippen MR) is 71.2 cm³/mol. The van der Waals surface area contributed by atoms with Crippen LogP contribution in [0.15, 0.2) is 12.8 Å². The summed E-state index contributed by atoms with van der Waals surface area (Å²) in [7, 11) is -0.229. The van der Waals surface area contributed by atoms with Gasteiger partial charge >= 0.3 is 8.56 Å². The van der Waals surface area contributed by atoms with Crippen LogP contribution in [0.1, 0.15) is 13.3 Å². The van der Waals surface area contributed by atoms with Crippen molar-refractivity contribution in [1.29, 1.82) is 0 Å². The third-order valence-corrected chi connectivity index (χ3v) is 6.13. The minimum atomic E-state index is -1.99. The molecule has 0 saturated carbocycles. The number of rotatable bonds is 5. The van der Waals surface area contributed by atoms with E-state index in [2.05, 4.69) is 24.9 Å². The van der Waals surface area contributed by atoms with E-state index >= 15 is 0 Å². The molecule has 1 aliphatic heterocycles. The highest BCUT2D eigenvalue weighted by molar-refractivity contribution is 6.66. The van der Waals surface area contributed by atoms with Crippen molar-refractivity contribution >= 4 is 8.56 Å². The van der Waals surface area contributed by atoms with Crippen molar-refractivity contribution in [1.82, 2.24) is 4.90 Å². The first-order valence-electron chi connectivity index (χ1n) is 6.31. The molecule has 5 heteroatoms. The van der Waals surface area contributed by atoms with Gasteiger partial charge in [-0.2, -0.15) is 0 Å². The number of likely N-dealkylation sites (N-methyl/N-ethyl adjacent to an activating group) is 1. The fourth-order valence-corrected chi connectivity index (χ4v) is 4.04. The predicted octanol–water partition coefficient (Wildman–Crippen LogP) is 1.98. The van der Waals surface area contributed by atoms with Crippen molar-refractivity contribution in [3.05, 3.63) is 12.8 Å². The van der Waals surface area contributed by atoms with Crippen LogP contribution in [0, 0.1) is 0 Å². The molecular weight excluding hydrogens is 234 g/mol. The van der Waals surface area contributed by atoms with Crippen molar-refractivity contribution in [2.75, 3.05) is 33.4 Å². The van der Waals surface area contributed by atoms with Gasteiger partial charge in [-0.05, 0) is 32.1 Å². The van der Waals surface area contributed by atoms with Crippen molar-refractivity contribution in [3.8, 4) is 0 Å². The summed E-state index contributed by atoms with van der Waals surface area (Å²) in [5.74, 6) is 0. The Labute approximate surface area is 106 Å². The van der Waals surface area contributed by atoms with Crippen LogP contribution in [0.2, 0.25) is 12.6 Å². The average Bonchev–Trinajstić information content (AvgIpc) is 2.32. The van der Waals surface area contributed by atoms with Crippen LogP contribution in [-0.2, 0) is 13.6 Å². The maximum absolute atomic E-state index is 6.16. The lowest BCUT2D eigenvalue weighted by Crippen LogP contribution is -2.47. The van der Waals surface area contributed by atoms with E-state index in [0.29, 0.717) is 6.61 Å². The molecule has 2 unspecified atom stereocenters. The van der Waals surface area contributed by atoms with Crippen LogP contribution in [0.25, 0.3) is 0 Å². The minimum absolute atomic E-state index is 0.0878. The van der Waals surface area contributed by atoms with Crippen molar-refractivity contribution in [3.63, 3.8) is 0 Å². The van der Waals surface area contributed by atoms with Gasteiger partial charge in [0.05, 0.1) is 12.7 Å². The van der Waals surface area contributed by atoms with Crippen molar-refractivity contribution in [2.45, 2.75) is 32.0 Å². The van der Waals surface area contributed by atoms with Gasteiger partial charge in [0.2, 0.25) is 0 Å². The Morgan fingerprint density at radius 1 is 1.59 bits per heavy atom. The van der Waals surface area contributed by atoms with E-state index in [4.69, 9.17) is 13.6 Å². The molecule has 0 aromatic heterocycles.